The maximum Gasteiger partial charge on any atom is 0.234 e. The number of likely N-dealkylation sites (tertiary alicyclic amines) is 1. The Hall–Kier alpha value is -0.610. The molecular formula is C14H27N3O. The Morgan fingerprint density at radius 2 is 2.00 bits per heavy atom. The van der Waals surface area contributed by atoms with E-state index in [1.54, 1.807) is 0 Å². The number of amides is 1. The Bertz CT molecular complexity index is 276. The van der Waals surface area contributed by atoms with Gasteiger partial charge >= 0.3 is 0 Å². The molecule has 104 valence electrons. The average Bonchev–Trinajstić information content (AvgIpc) is 2.34. The summed E-state index contributed by atoms with van der Waals surface area (Å²) in [5.41, 5.74) is 5.94. The van der Waals surface area contributed by atoms with Gasteiger partial charge in [0.2, 0.25) is 5.91 Å². The number of nitrogens with zero attached hydrogens (tertiary/aromatic N) is 1. The van der Waals surface area contributed by atoms with Crippen LogP contribution in [-0.4, -0.2) is 42.0 Å². The number of piperidine rings is 1. The molecule has 0 aromatic rings. The molecule has 4 heteroatoms. The minimum absolute atomic E-state index is 0.198. The lowest BCUT2D eigenvalue weighted by molar-refractivity contribution is -0.124. The molecule has 2 fully saturated rings. The summed E-state index contributed by atoms with van der Waals surface area (Å²) in [4.78, 5) is 14.3. The molecule has 3 N–H and O–H groups in total. The lowest BCUT2D eigenvalue weighted by atomic mass is 9.95. The number of rotatable bonds is 3. The first-order valence-electron chi connectivity index (χ1n) is 7.44. The van der Waals surface area contributed by atoms with Crippen LogP contribution in [0.1, 0.15) is 51.9 Å². The van der Waals surface area contributed by atoms with Crippen LogP contribution in [0.15, 0.2) is 0 Å². The monoisotopic (exact) mass is 253 g/mol. The van der Waals surface area contributed by atoms with E-state index in [1.165, 1.54) is 19.3 Å². The lowest BCUT2D eigenvalue weighted by Gasteiger charge is -2.36. The highest BCUT2D eigenvalue weighted by Gasteiger charge is 2.25. The summed E-state index contributed by atoms with van der Waals surface area (Å²) in [5, 5.41) is 3.19. The fraction of sp³-hybridized carbons (Fsp3) is 0.929. The second kappa shape index (κ2) is 6.53. The summed E-state index contributed by atoms with van der Waals surface area (Å²) < 4.78 is 0. The average molecular weight is 253 g/mol. The molecule has 18 heavy (non-hydrogen) atoms. The van der Waals surface area contributed by atoms with Crippen molar-refractivity contribution in [1.29, 1.82) is 0 Å². The standard InChI is InChI=1S/C14H27N3O/c1-11-9-12(15)7-8-17(11)10-14(18)16-13-5-3-2-4-6-13/h11-13H,2-10,15H2,1H3,(H,16,18). The van der Waals surface area contributed by atoms with E-state index in [-0.39, 0.29) is 5.91 Å². The zero-order valence-corrected chi connectivity index (χ0v) is 11.5. The van der Waals surface area contributed by atoms with Crippen molar-refractivity contribution in [3.63, 3.8) is 0 Å². The van der Waals surface area contributed by atoms with E-state index in [1.807, 2.05) is 0 Å². The van der Waals surface area contributed by atoms with Crippen LogP contribution >= 0.6 is 0 Å². The number of carbonyl (C=O) groups is 1. The maximum atomic E-state index is 12.0. The van der Waals surface area contributed by atoms with Crippen molar-refractivity contribution in [2.45, 2.75) is 70.0 Å². The summed E-state index contributed by atoms with van der Waals surface area (Å²) in [6, 6.07) is 1.18. The molecule has 2 rings (SSSR count). The Morgan fingerprint density at radius 3 is 2.67 bits per heavy atom. The molecular weight excluding hydrogens is 226 g/mol. The topological polar surface area (TPSA) is 58.4 Å². The minimum atomic E-state index is 0.198. The summed E-state index contributed by atoms with van der Waals surface area (Å²) in [6.07, 6.45) is 8.20. The van der Waals surface area contributed by atoms with Crippen molar-refractivity contribution in [2.75, 3.05) is 13.1 Å². The van der Waals surface area contributed by atoms with Crippen molar-refractivity contribution in [3.8, 4) is 0 Å². The van der Waals surface area contributed by atoms with Crippen LogP contribution in [0.3, 0.4) is 0 Å². The Balaban J connectivity index is 1.73. The van der Waals surface area contributed by atoms with Gasteiger partial charge in [0.15, 0.2) is 0 Å². The van der Waals surface area contributed by atoms with Crippen molar-refractivity contribution in [3.05, 3.63) is 0 Å². The van der Waals surface area contributed by atoms with Crippen LogP contribution in [0.2, 0.25) is 0 Å². The molecule has 0 radical (unpaired) electrons. The van der Waals surface area contributed by atoms with E-state index in [0.717, 1.165) is 32.2 Å². The number of hydrogen-bond donors (Lipinski definition) is 2. The van der Waals surface area contributed by atoms with Gasteiger partial charge in [-0.2, -0.15) is 0 Å². The fourth-order valence-electron chi connectivity index (χ4n) is 3.20. The zero-order chi connectivity index (χ0) is 13.0. The largest absolute Gasteiger partial charge is 0.352 e. The lowest BCUT2D eigenvalue weighted by Crippen LogP contribution is -2.50. The third kappa shape index (κ3) is 3.95. The van der Waals surface area contributed by atoms with E-state index < -0.39 is 0 Å². The molecule has 1 heterocycles. The van der Waals surface area contributed by atoms with E-state index >= 15 is 0 Å². The Kier molecular flexibility index (Phi) is 5.01. The summed E-state index contributed by atoms with van der Waals surface area (Å²) >= 11 is 0. The van der Waals surface area contributed by atoms with Crippen molar-refractivity contribution in [1.82, 2.24) is 10.2 Å². The van der Waals surface area contributed by atoms with Crippen LogP contribution < -0.4 is 11.1 Å². The quantitative estimate of drug-likeness (QED) is 0.796. The molecule has 1 amide bonds. The van der Waals surface area contributed by atoms with Crippen LogP contribution in [-0.2, 0) is 4.79 Å². The maximum absolute atomic E-state index is 12.0. The van der Waals surface area contributed by atoms with E-state index in [0.29, 0.717) is 24.7 Å². The van der Waals surface area contributed by atoms with Gasteiger partial charge < -0.3 is 11.1 Å². The molecule has 4 nitrogen and oxygen atoms in total. The molecule has 2 atom stereocenters. The number of hydrogen-bond acceptors (Lipinski definition) is 3. The van der Waals surface area contributed by atoms with Crippen LogP contribution in [0.5, 0.6) is 0 Å². The molecule has 1 aliphatic carbocycles. The summed E-state index contributed by atoms with van der Waals surface area (Å²) in [6.45, 7) is 3.68. The van der Waals surface area contributed by atoms with Crippen LogP contribution in [0.25, 0.3) is 0 Å². The van der Waals surface area contributed by atoms with Gasteiger partial charge in [-0.25, -0.2) is 0 Å². The van der Waals surface area contributed by atoms with Gasteiger partial charge in [-0.3, -0.25) is 9.69 Å². The molecule has 2 aliphatic rings. The number of nitrogens with one attached hydrogen (secondary N) is 1. The first kappa shape index (κ1) is 13.8. The van der Waals surface area contributed by atoms with E-state index in [4.69, 9.17) is 5.73 Å². The van der Waals surface area contributed by atoms with Gasteiger partial charge in [0.25, 0.3) is 0 Å². The first-order valence-corrected chi connectivity index (χ1v) is 7.44. The molecule has 2 unspecified atom stereocenters. The van der Waals surface area contributed by atoms with E-state index in [9.17, 15) is 4.79 Å². The fourth-order valence-corrected chi connectivity index (χ4v) is 3.20. The predicted molar refractivity (Wildman–Crippen MR) is 73.3 cm³/mol. The normalized spacial score (nSPS) is 31.2. The molecule has 1 saturated heterocycles. The Labute approximate surface area is 110 Å². The van der Waals surface area contributed by atoms with Gasteiger partial charge in [0, 0.05) is 24.7 Å². The van der Waals surface area contributed by atoms with Crippen LogP contribution in [0, 0.1) is 0 Å². The number of carbonyl (C=O) groups excluding carboxylic acids is 1. The van der Waals surface area contributed by atoms with E-state index in [2.05, 4.69) is 17.1 Å². The van der Waals surface area contributed by atoms with Gasteiger partial charge in [-0.05, 0) is 32.6 Å². The SMILES string of the molecule is CC1CC(N)CCN1CC(=O)NC1CCCCC1. The highest BCUT2D eigenvalue weighted by molar-refractivity contribution is 5.78. The predicted octanol–water partition coefficient (Wildman–Crippen LogP) is 1.25. The summed E-state index contributed by atoms with van der Waals surface area (Å²) in [5.74, 6) is 0.198. The van der Waals surface area contributed by atoms with Crippen molar-refractivity contribution < 1.29 is 4.79 Å². The molecule has 1 aliphatic heterocycles. The molecule has 0 spiro atoms. The van der Waals surface area contributed by atoms with Crippen molar-refractivity contribution >= 4 is 5.91 Å². The molecule has 0 bridgehead atoms. The Morgan fingerprint density at radius 1 is 1.28 bits per heavy atom. The second-order valence-corrected chi connectivity index (χ2v) is 6.01. The third-order valence-electron chi connectivity index (χ3n) is 4.37. The third-order valence-corrected chi connectivity index (χ3v) is 4.37. The highest BCUT2D eigenvalue weighted by atomic mass is 16.2. The van der Waals surface area contributed by atoms with Gasteiger partial charge in [-0.1, -0.05) is 19.3 Å². The van der Waals surface area contributed by atoms with Crippen LogP contribution in [0.4, 0.5) is 0 Å². The molecule has 0 aromatic carbocycles. The zero-order valence-electron chi connectivity index (χ0n) is 11.5. The first-order chi connectivity index (χ1) is 8.65. The molecule has 1 saturated carbocycles. The smallest absolute Gasteiger partial charge is 0.234 e. The second-order valence-electron chi connectivity index (χ2n) is 6.01. The van der Waals surface area contributed by atoms with Gasteiger partial charge in [-0.15, -0.1) is 0 Å². The number of nitrogens with two attached hydrogens (primary N) is 1. The van der Waals surface area contributed by atoms with Gasteiger partial charge in [0.1, 0.15) is 0 Å². The summed E-state index contributed by atoms with van der Waals surface area (Å²) in [7, 11) is 0. The van der Waals surface area contributed by atoms with Crippen molar-refractivity contribution in [2.24, 2.45) is 5.73 Å². The minimum Gasteiger partial charge on any atom is -0.352 e. The molecule has 0 aromatic heterocycles. The van der Waals surface area contributed by atoms with Gasteiger partial charge in [0.05, 0.1) is 6.54 Å². The highest BCUT2D eigenvalue weighted by Crippen LogP contribution is 2.18.